The van der Waals surface area contributed by atoms with Crippen molar-refractivity contribution < 1.29 is 20.1 Å². The Kier molecular flexibility index (Phi) is 3.67. The zero-order valence-electron chi connectivity index (χ0n) is 9.34. The van der Waals surface area contributed by atoms with Gasteiger partial charge in [-0.15, -0.1) is 0 Å². The van der Waals surface area contributed by atoms with Gasteiger partial charge < -0.3 is 15.3 Å². The van der Waals surface area contributed by atoms with Gasteiger partial charge in [-0.25, -0.2) is 4.79 Å². The fraction of sp³-hybridized carbons (Fsp3) is 0.417. The maximum absolute atomic E-state index is 10.8. The molecular formula is C12H16O4. The van der Waals surface area contributed by atoms with Gasteiger partial charge in [-0.2, -0.15) is 0 Å². The Morgan fingerprint density at radius 1 is 1.38 bits per heavy atom. The molecule has 1 aromatic carbocycles. The molecule has 1 unspecified atom stereocenters. The van der Waals surface area contributed by atoms with Gasteiger partial charge in [-0.05, 0) is 11.1 Å². The number of hydrogen-bond acceptors (Lipinski definition) is 3. The lowest BCUT2D eigenvalue weighted by molar-refractivity contribution is -0.147. The summed E-state index contributed by atoms with van der Waals surface area (Å²) in [5, 5.41) is 27.6. The first-order valence-corrected chi connectivity index (χ1v) is 5.01. The number of aliphatic hydroxyl groups excluding tert-OH is 2. The summed E-state index contributed by atoms with van der Waals surface area (Å²) >= 11 is 0. The fourth-order valence-corrected chi connectivity index (χ4v) is 1.57. The van der Waals surface area contributed by atoms with Crippen LogP contribution in [0.5, 0.6) is 0 Å². The number of carboxylic acid groups (broad SMARTS) is 1. The van der Waals surface area contributed by atoms with Crippen molar-refractivity contribution in [2.75, 3.05) is 6.61 Å². The van der Waals surface area contributed by atoms with E-state index in [-0.39, 0.29) is 6.61 Å². The number of benzene rings is 1. The minimum absolute atomic E-state index is 0.115. The topological polar surface area (TPSA) is 77.8 Å². The second kappa shape index (κ2) is 4.63. The highest BCUT2D eigenvalue weighted by Crippen LogP contribution is 2.29. The predicted molar refractivity (Wildman–Crippen MR) is 59.1 cm³/mol. The van der Waals surface area contributed by atoms with Crippen LogP contribution in [-0.4, -0.2) is 27.9 Å². The van der Waals surface area contributed by atoms with E-state index >= 15 is 0 Å². The Bertz CT molecular complexity index is 384. The number of hydrogen-bond donors (Lipinski definition) is 3. The van der Waals surface area contributed by atoms with E-state index in [1.165, 1.54) is 0 Å². The molecule has 1 atom stereocenters. The van der Waals surface area contributed by atoms with Gasteiger partial charge in [0, 0.05) is 5.41 Å². The van der Waals surface area contributed by atoms with E-state index in [2.05, 4.69) is 0 Å². The van der Waals surface area contributed by atoms with Gasteiger partial charge in [-0.3, -0.25) is 0 Å². The molecule has 0 saturated carbocycles. The van der Waals surface area contributed by atoms with Crippen LogP contribution < -0.4 is 0 Å². The lowest BCUT2D eigenvalue weighted by Crippen LogP contribution is -2.26. The summed E-state index contributed by atoms with van der Waals surface area (Å²) in [6, 6.07) is 6.70. The van der Waals surface area contributed by atoms with E-state index in [0.717, 1.165) is 0 Å². The van der Waals surface area contributed by atoms with Crippen LogP contribution in [0.15, 0.2) is 24.3 Å². The molecule has 0 aromatic heterocycles. The highest BCUT2D eigenvalue weighted by molar-refractivity contribution is 5.74. The second-order valence-electron chi connectivity index (χ2n) is 4.37. The SMILES string of the molecule is CC(C)(CO)c1ccccc1C(O)C(=O)O. The second-order valence-corrected chi connectivity index (χ2v) is 4.37. The van der Waals surface area contributed by atoms with Crippen LogP contribution in [0, 0.1) is 0 Å². The molecule has 0 aliphatic carbocycles. The van der Waals surface area contributed by atoms with E-state index in [9.17, 15) is 15.0 Å². The molecule has 0 aliphatic rings. The summed E-state index contributed by atoms with van der Waals surface area (Å²) in [5.41, 5.74) is 0.397. The Labute approximate surface area is 94.2 Å². The third-order valence-corrected chi connectivity index (χ3v) is 2.61. The van der Waals surface area contributed by atoms with E-state index < -0.39 is 17.5 Å². The summed E-state index contributed by atoms with van der Waals surface area (Å²) in [7, 11) is 0. The lowest BCUT2D eigenvalue weighted by atomic mass is 9.81. The molecule has 0 saturated heterocycles. The average Bonchev–Trinajstić information content (AvgIpc) is 2.28. The van der Waals surface area contributed by atoms with E-state index in [1.807, 2.05) is 0 Å². The van der Waals surface area contributed by atoms with E-state index in [4.69, 9.17) is 5.11 Å². The van der Waals surface area contributed by atoms with Crippen LogP contribution in [0.4, 0.5) is 0 Å². The number of carbonyl (C=O) groups is 1. The van der Waals surface area contributed by atoms with Crippen molar-refractivity contribution in [1.82, 2.24) is 0 Å². The van der Waals surface area contributed by atoms with Gasteiger partial charge in [0.05, 0.1) is 6.61 Å². The third kappa shape index (κ3) is 2.40. The molecule has 0 spiro atoms. The molecule has 0 heterocycles. The Morgan fingerprint density at radius 2 is 1.94 bits per heavy atom. The highest BCUT2D eigenvalue weighted by Gasteiger charge is 2.27. The maximum atomic E-state index is 10.8. The molecule has 0 radical (unpaired) electrons. The van der Waals surface area contributed by atoms with Crippen molar-refractivity contribution in [2.45, 2.75) is 25.4 Å². The minimum Gasteiger partial charge on any atom is -0.479 e. The fourth-order valence-electron chi connectivity index (χ4n) is 1.57. The third-order valence-electron chi connectivity index (χ3n) is 2.61. The summed E-state index contributed by atoms with van der Waals surface area (Å²) in [6.07, 6.45) is -1.55. The standard InChI is InChI=1S/C12H16O4/c1-12(2,7-13)9-6-4-3-5-8(9)10(14)11(15)16/h3-6,10,13-14H,7H2,1-2H3,(H,15,16). The molecule has 4 heteroatoms. The number of carboxylic acids is 1. The zero-order valence-corrected chi connectivity index (χ0v) is 9.34. The first kappa shape index (κ1) is 12.7. The van der Waals surface area contributed by atoms with Gasteiger partial charge in [0.1, 0.15) is 0 Å². The molecule has 0 aliphatic heterocycles. The van der Waals surface area contributed by atoms with Crippen LogP contribution in [0.1, 0.15) is 31.1 Å². The van der Waals surface area contributed by atoms with Crippen LogP contribution in [0.25, 0.3) is 0 Å². The molecule has 0 fully saturated rings. The number of rotatable bonds is 4. The Morgan fingerprint density at radius 3 is 2.44 bits per heavy atom. The first-order valence-electron chi connectivity index (χ1n) is 5.01. The van der Waals surface area contributed by atoms with Crippen LogP contribution >= 0.6 is 0 Å². The summed E-state index contributed by atoms with van der Waals surface area (Å²) in [6.45, 7) is 3.47. The largest absolute Gasteiger partial charge is 0.479 e. The molecule has 3 N–H and O–H groups in total. The molecule has 0 bridgehead atoms. The van der Waals surface area contributed by atoms with Crippen molar-refractivity contribution in [3.05, 3.63) is 35.4 Å². The van der Waals surface area contributed by atoms with E-state index in [1.54, 1.807) is 38.1 Å². The monoisotopic (exact) mass is 224 g/mol. The van der Waals surface area contributed by atoms with Crippen molar-refractivity contribution in [3.63, 3.8) is 0 Å². The molecule has 88 valence electrons. The van der Waals surface area contributed by atoms with Crippen molar-refractivity contribution in [2.24, 2.45) is 0 Å². The summed E-state index contributed by atoms with van der Waals surface area (Å²) in [5.74, 6) is -1.29. The first-order chi connectivity index (χ1) is 7.40. The van der Waals surface area contributed by atoms with Gasteiger partial charge in [0.25, 0.3) is 0 Å². The molecule has 1 aromatic rings. The summed E-state index contributed by atoms with van der Waals surface area (Å²) in [4.78, 5) is 10.8. The maximum Gasteiger partial charge on any atom is 0.337 e. The van der Waals surface area contributed by atoms with Gasteiger partial charge >= 0.3 is 5.97 Å². The highest BCUT2D eigenvalue weighted by atomic mass is 16.4. The van der Waals surface area contributed by atoms with Crippen LogP contribution in [0.2, 0.25) is 0 Å². The Balaban J connectivity index is 3.25. The summed E-state index contributed by atoms with van der Waals surface area (Å²) < 4.78 is 0. The lowest BCUT2D eigenvalue weighted by Gasteiger charge is -2.26. The number of aliphatic hydroxyl groups is 2. The predicted octanol–water partition coefficient (Wildman–Crippen LogP) is 1.07. The zero-order chi connectivity index (χ0) is 12.3. The van der Waals surface area contributed by atoms with Crippen molar-refractivity contribution in [3.8, 4) is 0 Å². The smallest absolute Gasteiger partial charge is 0.337 e. The van der Waals surface area contributed by atoms with Crippen molar-refractivity contribution in [1.29, 1.82) is 0 Å². The van der Waals surface area contributed by atoms with E-state index in [0.29, 0.717) is 11.1 Å². The minimum atomic E-state index is -1.55. The quantitative estimate of drug-likeness (QED) is 0.715. The number of aliphatic carboxylic acids is 1. The Hall–Kier alpha value is -1.39. The average molecular weight is 224 g/mol. The molecule has 16 heavy (non-hydrogen) atoms. The van der Waals surface area contributed by atoms with Gasteiger partial charge in [0.2, 0.25) is 0 Å². The van der Waals surface area contributed by atoms with Crippen LogP contribution in [0.3, 0.4) is 0 Å². The molecular weight excluding hydrogens is 208 g/mol. The molecule has 4 nitrogen and oxygen atoms in total. The molecule has 1 rings (SSSR count). The van der Waals surface area contributed by atoms with Gasteiger partial charge in [-0.1, -0.05) is 38.1 Å². The normalized spacial score (nSPS) is 13.5. The van der Waals surface area contributed by atoms with Crippen molar-refractivity contribution >= 4 is 5.97 Å². The van der Waals surface area contributed by atoms with Gasteiger partial charge in [0.15, 0.2) is 6.10 Å². The molecule has 0 amide bonds. The van der Waals surface area contributed by atoms with Crippen LogP contribution in [-0.2, 0) is 10.2 Å².